The number of carbonyl (C=O) groups excluding carboxylic acids is 2. The molecule has 0 atom stereocenters. The number of hydrogen-bond acceptors (Lipinski definition) is 3. The Bertz CT molecular complexity index is 170. The third-order valence-corrected chi connectivity index (χ3v) is 1.84. The van der Waals surface area contributed by atoms with Crippen molar-refractivity contribution < 1.29 is 14.3 Å². The van der Waals surface area contributed by atoms with E-state index in [9.17, 15) is 9.59 Å². The number of methoxy groups -OCH3 is 1. The van der Waals surface area contributed by atoms with Gasteiger partial charge in [0, 0.05) is 12.3 Å². The van der Waals surface area contributed by atoms with Gasteiger partial charge in [0.05, 0.1) is 13.5 Å². The first-order chi connectivity index (χ1) is 5.24. The first-order valence-electron chi connectivity index (χ1n) is 3.83. The zero-order valence-corrected chi connectivity index (χ0v) is 6.63. The highest BCUT2D eigenvalue weighted by molar-refractivity contribution is 5.86. The molecule has 0 aliphatic heterocycles. The van der Waals surface area contributed by atoms with E-state index < -0.39 is 0 Å². The van der Waals surface area contributed by atoms with Gasteiger partial charge in [-0.2, -0.15) is 0 Å². The summed E-state index contributed by atoms with van der Waals surface area (Å²) >= 11 is 0. The number of carbonyl (C=O) groups is 2. The number of ketones is 1. The van der Waals surface area contributed by atoms with E-state index in [1.807, 2.05) is 0 Å². The maximum atomic E-state index is 11.0. The highest BCUT2D eigenvalue weighted by Crippen LogP contribution is 2.31. The van der Waals surface area contributed by atoms with Crippen molar-refractivity contribution >= 4 is 11.8 Å². The predicted molar refractivity (Wildman–Crippen MR) is 39.0 cm³/mol. The Kier molecular flexibility index (Phi) is 2.63. The minimum absolute atomic E-state index is 0.218. The molecule has 1 rings (SSSR count). The van der Waals surface area contributed by atoms with Gasteiger partial charge in [0.1, 0.15) is 5.78 Å². The molecule has 0 spiro atoms. The van der Waals surface area contributed by atoms with Crippen molar-refractivity contribution in [2.45, 2.75) is 25.7 Å². The van der Waals surface area contributed by atoms with E-state index in [4.69, 9.17) is 0 Å². The average molecular weight is 156 g/mol. The van der Waals surface area contributed by atoms with E-state index >= 15 is 0 Å². The molecule has 0 N–H and O–H groups in total. The number of Topliss-reactive ketones (excluding diaryl/α,β-unsaturated/α-hetero) is 1. The topological polar surface area (TPSA) is 43.4 Å². The van der Waals surface area contributed by atoms with Gasteiger partial charge in [-0.25, -0.2) is 0 Å². The second-order valence-electron chi connectivity index (χ2n) is 2.82. The van der Waals surface area contributed by atoms with Crippen molar-refractivity contribution in [2.75, 3.05) is 7.11 Å². The summed E-state index contributed by atoms with van der Waals surface area (Å²) in [6.07, 6.45) is 2.63. The van der Waals surface area contributed by atoms with E-state index in [0.29, 0.717) is 6.42 Å². The summed E-state index contributed by atoms with van der Waals surface area (Å²) in [7, 11) is 1.34. The SMILES string of the molecule is COC(=O)CCC(=O)C1CC1. The molecule has 62 valence electrons. The van der Waals surface area contributed by atoms with Crippen LogP contribution in [0.5, 0.6) is 0 Å². The molecule has 0 radical (unpaired) electrons. The maximum absolute atomic E-state index is 11.0. The number of rotatable bonds is 4. The summed E-state index contributed by atoms with van der Waals surface area (Å²) in [4.78, 5) is 21.6. The molecule has 0 saturated heterocycles. The molecule has 0 aromatic carbocycles. The normalized spacial score (nSPS) is 16.1. The van der Waals surface area contributed by atoms with Gasteiger partial charge in [-0.15, -0.1) is 0 Å². The van der Waals surface area contributed by atoms with E-state index in [1.54, 1.807) is 0 Å². The minimum atomic E-state index is -0.293. The van der Waals surface area contributed by atoms with Crippen molar-refractivity contribution in [3.05, 3.63) is 0 Å². The lowest BCUT2D eigenvalue weighted by Gasteiger charge is -1.96. The lowest BCUT2D eigenvalue weighted by atomic mass is 10.1. The number of esters is 1. The molecule has 0 aromatic heterocycles. The van der Waals surface area contributed by atoms with E-state index in [2.05, 4.69) is 4.74 Å². The van der Waals surface area contributed by atoms with Crippen molar-refractivity contribution in [3.63, 3.8) is 0 Å². The quantitative estimate of drug-likeness (QED) is 0.568. The fraction of sp³-hybridized carbons (Fsp3) is 0.750. The fourth-order valence-corrected chi connectivity index (χ4v) is 0.937. The largest absolute Gasteiger partial charge is 0.469 e. The first-order valence-corrected chi connectivity index (χ1v) is 3.83. The molecule has 0 amide bonds. The van der Waals surface area contributed by atoms with Crippen LogP contribution in [-0.2, 0) is 14.3 Å². The molecule has 1 aliphatic rings. The molecule has 0 unspecified atom stereocenters. The Morgan fingerprint density at radius 1 is 1.36 bits per heavy atom. The van der Waals surface area contributed by atoms with Gasteiger partial charge in [0.25, 0.3) is 0 Å². The van der Waals surface area contributed by atoms with Crippen molar-refractivity contribution in [3.8, 4) is 0 Å². The van der Waals surface area contributed by atoms with Crippen LogP contribution >= 0.6 is 0 Å². The van der Waals surface area contributed by atoms with Crippen LogP contribution in [0.1, 0.15) is 25.7 Å². The minimum Gasteiger partial charge on any atom is -0.469 e. The van der Waals surface area contributed by atoms with Crippen LogP contribution in [0.15, 0.2) is 0 Å². The second-order valence-corrected chi connectivity index (χ2v) is 2.82. The summed E-state index contributed by atoms with van der Waals surface area (Å²) < 4.78 is 4.41. The van der Waals surface area contributed by atoms with Gasteiger partial charge in [0.2, 0.25) is 0 Å². The molecule has 0 bridgehead atoms. The Balaban J connectivity index is 2.10. The van der Waals surface area contributed by atoms with Crippen LogP contribution in [0.4, 0.5) is 0 Å². The van der Waals surface area contributed by atoms with E-state index in [0.717, 1.165) is 12.8 Å². The van der Waals surface area contributed by atoms with Gasteiger partial charge in [-0.1, -0.05) is 0 Å². The zero-order valence-electron chi connectivity index (χ0n) is 6.63. The summed E-state index contributed by atoms with van der Waals surface area (Å²) in [6, 6.07) is 0. The molecule has 0 heterocycles. The Labute approximate surface area is 65.7 Å². The zero-order chi connectivity index (χ0) is 8.27. The standard InChI is InChI=1S/C8H12O3/c1-11-8(10)5-4-7(9)6-2-3-6/h6H,2-5H2,1H3. The highest BCUT2D eigenvalue weighted by Gasteiger charge is 2.29. The average Bonchev–Trinajstić information content (AvgIpc) is 2.81. The smallest absolute Gasteiger partial charge is 0.305 e. The fourth-order valence-electron chi connectivity index (χ4n) is 0.937. The molecule has 1 aliphatic carbocycles. The lowest BCUT2D eigenvalue weighted by molar-refractivity contribution is -0.142. The van der Waals surface area contributed by atoms with Crippen LogP contribution in [0.3, 0.4) is 0 Å². The Morgan fingerprint density at radius 2 is 2.00 bits per heavy atom. The number of ether oxygens (including phenoxy) is 1. The van der Waals surface area contributed by atoms with Crippen molar-refractivity contribution in [1.82, 2.24) is 0 Å². The Morgan fingerprint density at radius 3 is 2.45 bits per heavy atom. The van der Waals surface area contributed by atoms with Crippen LogP contribution in [0.2, 0.25) is 0 Å². The molecule has 0 aromatic rings. The van der Waals surface area contributed by atoms with Crippen molar-refractivity contribution in [2.24, 2.45) is 5.92 Å². The predicted octanol–water partition coefficient (Wildman–Crippen LogP) is 0.919. The lowest BCUT2D eigenvalue weighted by Crippen LogP contribution is -2.06. The van der Waals surface area contributed by atoms with Crippen LogP contribution in [0.25, 0.3) is 0 Å². The van der Waals surface area contributed by atoms with Gasteiger partial charge < -0.3 is 4.74 Å². The molecular formula is C8H12O3. The third-order valence-electron chi connectivity index (χ3n) is 1.84. The summed E-state index contributed by atoms with van der Waals surface area (Å²) in [5.41, 5.74) is 0. The summed E-state index contributed by atoms with van der Waals surface area (Å²) in [5.74, 6) is 0.189. The Hall–Kier alpha value is -0.860. The molecular weight excluding hydrogens is 144 g/mol. The van der Waals surface area contributed by atoms with Gasteiger partial charge in [-0.3, -0.25) is 9.59 Å². The first kappa shape index (κ1) is 8.24. The monoisotopic (exact) mass is 156 g/mol. The van der Waals surface area contributed by atoms with Gasteiger partial charge >= 0.3 is 5.97 Å². The highest BCUT2D eigenvalue weighted by atomic mass is 16.5. The van der Waals surface area contributed by atoms with Crippen LogP contribution in [0, 0.1) is 5.92 Å². The molecule has 1 saturated carbocycles. The maximum Gasteiger partial charge on any atom is 0.305 e. The third kappa shape index (κ3) is 2.70. The van der Waals surface area contributed by atoms with E-state index in [1.165, 1.54) is 7.11 Å². The summed E-state index contributed by atoms with van der Waals surface area (Å²) in [5, 5.41) is 0. The summed E-state index contributed by atoms with van der Waals surface area (Å²) in [6.45, 7) is 0. The van der Waals surface area contributed by atoms with Crippen molar-refractivity contribution in [1.29, 1.82) is 0 Å². The molecule has 3 nitrogen and oxygen atoms in total. The van der Waals surface area contributed by atoms with Crippen LogP contribution < -0.4 is 0 Å². The van der Waals surface area contributed by atoms with Crippen LogP contribution in [-0.4, -0.2) is 18.9 Å². The molecule has 1 fully saturated rings. The molecule has 3 heteroatoms. The van der Waals surface area contributed by atoms with Gasteiger partial charge in [-0.05, 0) is 12.8 Å². The van der Waals surface area contributed by atoms with Gasteiger partial charge in [0.15, 0.2) is 0 Å². The second kappa shape index (κ2) is 3.51. The number of hydrogen-bond donors (Lipinski definition) is 0. The van der Waals surface area contributed by atoms with E-state index in [-0.39, 0.29) is 24.1 Å². The molecule has 11 heavy (non-hydrogen) atoms.